The number of aryl methyl sites for hydroxylation is 2. The van der Waals surface area contributed by atoms with E-state index in [4.69, 9.17) is 14.5 Å². The van der Waals surface area contributed by atoms with Crippen LogP contribution in [0.1, 0.15) is 16.9 Å². The first-order chi connectivity index (χ1) is 10.3. The molecule has 4 nitrogen and oxygen atoms in total. The lowest BCUT2D eigenvalue weighted by atomic mass is 10.2. The van der Waals surface area contributed by atoms with Gasteiger partial charge in [-0.15, -0.1) is 11.3 Å². The van der Waals surface area contributed by atoms with Crippen LogP contribution in [0.15, 0.2) is 18.2 Å². The van der Waals surface area contributed by atoms with Crippen LogP contribution in [0.5, 0.6) is 11.5 Å². The number of H-pyrrole nitrogens is 1. The lowest BCUT2D eigenvalue weighted by Gasteiger charge is -2.06. The Hall–Kier alpha value is -2.01. The molecule has 0 atom stereocenters. The predicted molar refractivity (Wildman–Crippen MR) is 84.5 cm³/mol. The van der Waals surface area contributed by atoms with Crippen molar-refractivity contribution in [3.63, 3.8) is 0 Å². The molecule has 0 aliphatic heterocycles. The van der Waals surface area contributed by atoms with Crippen molar-refractivity contribution in [1.29, 1.82) is 0 Å². The molecule has 2 heterocycles. The van der Waals surface area contributed by atoms with Gasteiger partial charge in [-0.3, -0.25) is 0 Å². The number of aromatic amines is 1. The third-order valence-electron chi connectivity index (χ3n) is 3.97. The summed E-state index contributed by atoms with van der Waals surface area (Å²) in [5.74, 6) is 2.35. The highest BCUT2D eigenvalue weighted by atomic mass is 32.1. The number of aromatic nitrogens is 2. The third kappa shape index (κ3) is 2.00. The lowest BCUT2D eigenvalue weighted by Crippen LogP contribution is -1.89. The number of fused-ring (bicyclic) bond motifs is 2. The summed E-state index contributed by atoms with van der Waals surface area (Å²) in [4.78, 5) is 10.8. The molecule has 0 unspecified atom stereocenters. The standard InChI is InChI=1S/C16H16N2O2S/c1-19-12-7-10-11(8-13(12)20-2)18-16(17-10)15-6-9-4-3-5-14(9)21-15/h6-8H,3-5H2,1-2H3,(H,17,18). The van der Waals surface area contributed by atoms with E-state index in [1.54, 1.807) is 14.2 Å². The normalized spacial score (nSPS) is 13.6. The van der Waals surface area contributed by atoms with E-state index < -0.39 is 0 Å². The summed E-state index contributed by atoms with van der Waals surface area (Å²) in [6, 6.07) is 6.13. The van der Waals surface area contributed by atoms with Crippen molar-refractivity contribution in [2.45, 2.75) is 19.3 Å². The first-order valence-electron chi connectivity index (χ1n) is 7.02. The van der Waals surface area contributed by atoms with E-state index in [-0.39, 0.29) is 0 Å². The van der Waals surface area contributed by atoms with E-state index in [0.717, 1.165) is 16.9 Å². The van der Waals surface area contributed by atoms with E-state index in [9.17, 15) is 0 Å². The molecule has 3 aromatic rings. The van der Waals surface area contributed by atoms with E-state index >= 15 is 0 Å². The highest BCUT2D eigenvalue weighted by Crippen LogP contribution is 2.37. The molecule has 0 fully saturated rings. The zero-order chi connectivity index (χ0) is 14.4. The highest BCUT2D eigenvalue weighted by molar-refractivity contribution is 7.15. The van der Waals surface area contributed by atoms with Crippen LogP contribution in [0, 0.1) is 0 Å². The minimum atomic E-state index is 0.705. The Labute approximate surface area is 126 Å². The summed E-state index contributed by atoms with van der Waals surface area (Å²) in [6.45, 7) is 0. The SMILES string of the molecule is COc1cc2nc(-c3cc4c(s3)CCC4)[nH]c2cc1OC. The van der Waals surface area contributed by atoms with Crippen LogP contribution in [0.25, 0.3) is 21.7 Å². The summed E-state index contributed by atoms with van der Waals surface area (Å²) >= 11 is 1.85. The average molecular weight is 300 g/mol. The first kappa shape index (κ1) is 12.7. The van der Waals surface area contributed by atoms with Gasteiger partial charge in [-0.05, 0) is 30.9 Å². The summed E-state index contributed by atoms with van der Waals surface area (Å²) in [5.41, 5.74) is 3.36. The van der Waals surface area contributed by atoms with Gasteiger partial charge < -0.3 is 14.5 Å². The van der Waals surface area contributed by atoms with E-state index in [2.05, 4.69) is 11.1 Å². The zero-order valence-electron chi connectivity index (χ0n) is 12.0. The summed E-state index contributed by atoms with van der Waals surface area (Å²) in [7, 11) is 3.28. The van der Waals surface area contributed by atoms with Crippen LogP contribution in [0.2, 0.25) is 0 Å². The van der Waals surface area contributed by atoms with Crippen molar-refractivity contribution in [1.82, 2.24) is 9.97 Å². The van der Waals surface area contributed by atoms with E-state index in [1.165, 1.54) is 34.6 Å². The predicted octanol–water partition coefficient (Wildman–Crippen LogP) is 3.80. The van der Waals surface area contributed by atoms with Crippen molar-refractivity contribution in [3.8, 4) is 22.2 Å². The number of ether oxygens (including phenoxy) is 2. The van der Waals surface area contributed by atoms with E-state index in [1.807, 2.05) is 23.5 Å². The third-order valence-corrected chi connectivity index (χ3v) is 5.21. The van der Waals surface area contributed by atoms with Gasteiger partial charge in [0.1, 0.15) is 5.82 Å². The van der Waals surface area contributed by atoms with Crippen LogP contribution in [0.4, 0.5) is 0 Å². The molecule has 1 aliphatic rings. The number of methoxy groups -OCH3 is 2. The van der Waals surface area contributed by atoms with Crippen LogP contribution >= 0.6 is 11.3 Å². The average Bonchev–Trinajstić information content (AvgIpc) is 3.17. The highest BCUT2D eigenvalue weighted by Gasteiger charge is 2.18. The second-order valence-electron chi connectivity index (χ2n) is 5.22. The van der Waals surface area contributed by atoms with Crippen LogP contribution < -0.4 is 9.47 Å². The maximum Gasteiger partial charge on any atom is 0.163 e. The minimum absolute atomic E-state index is 0.705. The lowest BCUT2D eigenvalue weighted by molar-refractivity contribution is 0.356. The number of thiophene rings is 1. The molecule has 0 bridgehead atoms. The maximum absolute atomic E-state index is 5.34. The monoisotopic (exact) mass is 300 g/mol. The molecule has 21 heavy (non-hydrogen) atoms. The first-order valence-corrected chi connectivity index (χ1v) is 7.84. The van der Waals surface area contributed by atoms with Crippen molar-refractivity contribution in [3.05, 3.63) is 28.6 Å². The molecule has 0 amide bonds. The molecular formula is C16H16N2O2S. The Morgan fingerprint density at radius 1 is 1.10 bits per heavy atom. The fraction of sp³-hybridized carbons (Fsp3) is 0.312. The second kappa shape index (κ2) is 4.77. The Kier molecular flexibility index (Phi) is 2.89. The molecular weight excluding hydrogens is 284 g/mol. The zero-order valence-corrected chi connectivity index (χ0v) is 12.8. The summed E-state index contributed by atoms with van der Waals surface area (Å²) < 4.78 is 10.7. The number of nitrogens with one attached hydrogen (secondary N) is 1. The van der Waals surface area contributed by atoms with Gasteiger partial charge >= 0.3 is 0 Å². The van der Waals surface area contributed by atoms with Gasteiger partial charge in [0.15, 0.2) is 11.5 Å². The molecule has 1 aromatic carbocycles. The fourth-order valence-corrected chi connectivity index (χ4v) is 4.10. The van der Waals surface area contributed by atoms with Crippen LogP contribution in [-0.4, -0.2) is 24.2 Å². The van der Waals surface area contributed by atoms with Crippen LogP contribution in [0.3, 0.4) is 0 Å². The Balaban J connectivity index is 1.82. The molecule has 108 valence electrons. The topological polar surface area (TPSA) is 47.1 Å². The second-order valence-corrected chi connectivity index (χ2v) is 6.36. The molecule has 0 radical (unpaired) electrons. The number of nitrogens with zero attached hydrogens (tertiary/aromatic N) is 1. The number of hydrogen-bond donors (Lipinski definition) is 1. The van der Waals surface area contributed by atoms with Crippen LogP contribution in [-0.2, 0) is 12.8 Å². The Morgan fingerprint density at radius 3 is 2.67 bits per heavy atom. The largest absolute Gasteiger partial charge is 0.493 e. The number of rotatable bonds is 3. The van der Waals surface area contributed by atoms with Crippen molar-refractivity contribution in [2.75, 3.05) is 14.2 Å². The van der Waals surface area contributed by atoms with Gasteiger partial charge in [0.25, 0.3) is 0 Å². The Bertz CT molecular complexity index is 757. The molecule has 1 aliphatic carbocycles. The van der Waals surface area contributed by atoms with Gasteiger partial charge in [0, 0.05) is 17.0 Å². The van der Waals surface area contributed by atoms with Crippen molar-refractivity contribution >= 4 is 22.4 Å². The molecule has 2 aromatic heterocycles. The van der Waals surface area contributed by atoms with Gasteiger partial charge in [-0.25, -0.2) is 4.98 Å². The maximum atomic E-state index is 5.34. The quantitative estimate of drug-likeness (QED) is 0.800. The van der Waals surface area contributed by atoms with Gasteiger partial charge in [-0.2, -0.15) is 0 Å². The fourth-order valence-electron chi connectivity index (χ4n) is 2.90. The molecule has 4 rings (SSSR count). The summed E-state index contributed by atoms with van der Waals surface area (Å²) in [6.07, 6.45) is 3.70. The molecule has 5 heteroatoms. The van der Waals surface area contributed by atoms with Gasteiger partial charge in [0.05, 0.1) is 30.1 Å². The molecule has 0 saturated carbocycles. The molecule has 0 saturated heterocycles. The van der Waals surface area contributed by atoms with E-state index in [0.29, 0.717) is 11.5 Å². The Morgan fingerprint density at radius 2 is 1.90 bits per heavy atom. The molecule has 1 N–H and O–H groups in total. The van der Waals surface area contributed by atoms with Crippen molar-refractivity contribution < 1.29 is 9.47 Å². The minimum Gasteiger partial charge on any atom is -0.493 e. The van der Waals surface area contributed by atoms with Crippen molar-refractivity contribution in [2.24, 2.45) is 0 Å². The molecule has 0 spiro atoms. The smallest absolute Gasteiger partial charge is 0.163 e. The van der Waals surface area contributed by atoms with Gasteiger partial charge in [-0.1, -0.05) is 0 Å². The number of hydrogen-bond acceptors (Lipinski definition) is 4. The number of imidazole rings is 1. The van der Waals surface area contributed by atoms with Gasteiger partial charge in [0.2, 0.25) is 0 Å². The number of benzene rings is 1. The summed E-state index contributed by atoms with van der Waals surface area (Å²) in [5, 5.41) is 0.